The molecule has 1 aliphatic carbocycles. The molecule has 2 aromatic heterocycles. The van der Waals surface area contributed by atoms with Crippen molar-refractivity contribution < 1.29 is 0 Å². The smallest absolute Gasteiger partial charge is 0.140 e. The van der Waals surface area contributed by atoms with Gasteiger partial charge in [0.2, 0.25) is 0 Å². The van der Waals surface area contributed by atoms with Gasteiger partial charge in [0.15, 0.2) is 0 Å². The minimum absolute atomic E-state index is 0.874. The van der Waals surface area contributed by atoms with E-state index in [0.29, 0.717) is 0 Å². The predicted molar refractivity (Wildman–Crippen MR) is 91.7 cm³/mol. The van der Waals surface area contributed by atoms with Gasteiger partial charge in [0, 0.05) is 24.3 Å². The number of pyridine rings is 1. The van der Waals surface area contributed by atoms with Gasteiger partial charge in [-0.1, -0.05) is 36.4 Å². The zero-order valence-corrected chi connectivity index (χ0v) is 12.7. The Balaban J connectivity index is 1.67. The fraction of sp³-hybridized carbons (Fsp3) is 0.250. The Hall–Kier alpha value is -2.35. The van der Waals surface area contributed by atoms with Crippen LogP contribution in [0.4, 0.5) is 0 Å². The van der Waals surface area contributed by atoms with Gasteiger partial charge in [-0.15, -0.1) is 0 Å². The predicted octanol–water partition coefficient (Wildman–Crippen LogP) is 5.04. The SMILES string of the molecule is C1=C(c2cnc3c(ccn3Cc3ccccc3)c2)CCCC1. The highest BCUT2D eigenvalue weighted by Crippen LogP contribution is 2.28. The van der Waals surface area contributed by atoms with E-state index in [2.05, 4.69) is 59.3 Å². The third kappa shape index (κ3) is 2.57. The second-order valence-electron chi connectivity index (χ2n) is 6.04. The number of allylic oxidation sites excluding steroid dienone is 2. The molecular formula is C20H20N2. The number of aromatic nitrogens is 2. The van der Waals surface area contributed by atoms with Crippen LogP contribution in [0, 0.1) is 0 Å². The minimum Gasteiger partial charge on any atom is -0.328 e. The van der Waals surface area contributed by atoms with Crippen LogP contribution in [-0.2, 0) is 6.54 Å². The summed E-state index contributed by atoms with van der Waals surface area (Å²) in [6.45, 7) is 0.874. The van der Waals surface area contributed by atoms with Crippen LogP contribution in [0.5, 0.6) is 0 Å². The average Bonchev–Trinajstić information content (AvgIpc) is 2.99. The summed E-state index contributed by atoms with van der Waals surface area (Å²) in [6, 6.07) is 15.0. The second kappa shape index (κ2) is 5.80. The summed E-state index contributed by atoms with van der Waals surface area (Å²) in [5.41, 5.74) is 5.14. The Bertz CT molecular complexity index is 812. The molecule has 2 heterocycles. The quantitative estimate of drug-likeness (QED) is 0.660. The van der Waals surface area contributed by atoms with E-state index in [9.17, 15) is 0 Å². The van der Waals surface area contributed by atoms with Gasteiger partial charge >= 0.3 is 0 Å². The van der Waals surface area contributed by atoms with Crippen molar-refractivity contribution in [3.8, 4) is 0 Å². The van der Waals surface area contributed by atoms with Crippen LogP contribution in [0.2, 0.25) is 0 Å². The zero-order chi connectivity index (χ0) is 14.8. The number of fused-ring (bicyclic) bond motifs is 1. The molecule has 2 nitrogen and oxygen atoms in total. The first-order valence-electron chi connectivity index (χ1n) is 8.08. The summed E-state index contributed by atoms with van der Waals surface area (Å²) >= 11 is 0. The van der Waals surface area contributed by atoms with E-state index in [1.54, 1.807) is 0 Å². The first-order chi connectivity index (χ1) is 10.9. The highest BCUT2D eigenvalue weighted by atomic mass is 15.0. The van der Waals surface area contributed by atoms with Gasteiger partial charge in [-0.2, -0.15) is 0 Å². The molecule has 4 rings (SSSR count). The van der Waals surface area contributed by atoms with E-state index >= 15 is 0 Å². The maximum absolute atomic E-state index is 4.73. The fourth-order valence-corrected chi connectivity index (χ4v) is 3.26. The van der Waals surface area contributed by atoms with E-state index in [1.807, 2.05) is 6.20 Å². The molecule has 0 saturated heterocycles. The third-order valence-electron chi connectivity index (χ3n) is 4.46. The number of hydrogen-bond donors (Lipinski definition) is 0. The molecule has 3 aromatic rings. The highest BCUT2D eigenvalue weighted by Gasteiger charge is 2.09. The molecule has 0 bridgehead atoms. The van der Waals surface area contributed by atoms with Crippen LogP contribution < -0.4 is 0 Å². The van der Waals surface area contributed by atoms with Crippen molar-refractivity contribution >= 4 is 16.6 Å². The molecule has 0 spiro atoms. The van der Waals surface area contributed by atoms with Gasteiger partial charge < -0.3 is 4.57 Å². The largest absolute Gasteiger partial charge is 0.328 e. The first kappa shape index (κ1) is 13.3. The molecule has 0 amide bonds. The summed E-state index contributed by atoms with van der Waals surface area (Å²) in [7, 11) is 0. The lowest BCUT2D eigenvalue weighted by Crippen LogP contribution is -1.99. The van der Waals surface area contributed by atoms with Crippen molar-refractivity contribution in [2.24, 2.45) is 0 Å². The molecule has 2 heteroatoms. The van der Waals surface area contributed by atoms with Gasteiger partial charge in [0.25, 0.3) is 0 Å². The zero-order valence-electron chi connectivity index (χ0n) is 12.7. The van der Waals surface area contributed by atoms with Gasteiger partial charge in [-0.25, -0.2) is 4.98 Å². The molecule has 0 unspecified atom stereocenters. The lowest BCUT2D eigenvalue weighted by Gasteiger charge is -2.13. The highest BCUT2D eigenvalue weighted by molar-refractivity contribution is 5.81. The van der Waals surface area contributed by atoms with Crippen LogP contribution >= 0.6 is 0 Å². The molecule has 22 heavy (non-hydrogen) atoms. The molecule has 0 radical (unpaired) electrons. The second-order valence-corrected chi connectivity index (χ2v) is 6.04. The summed E-state index contributed by atoms with van der Waals surface area (Å²) < 4.78 is 2.23. The van der Waals surface area contributed by atoms with Gasteiger partial charge in [0.05, 0.1) is 0 Å². The van der Waals surface area contributed by atoms with Crippen LogP contribution in [0.15, 0.2) is 60.9 Å². The molecular weight excluding hydrogens is 268 g/mol. The normalized spacial score (nSPS) is 15.0. The fourth-order valence-electron chi connectivity index (χ4n) is 3.26. The van der Waals surface area contributed by atoms with Crippen LogP contribution in [0.3, 0.4) is 0 Å². The van der Waals surface area contributed by atoms with E-state index in [1.165, 1.54) is 47.8 Å². The molecule has 1 aromatic carbocycles. The maximum atomic E-state index is 4.73. The Labute approximate surface area is 131 Å². The Morgan fingerprint density at radius 3 is 2.77 bits per heavy atom. The van der Waals surface area contributed by atoms with Crippen molar-refractivity contribution in [2.45, 2.75) is 32.2 Å². The van der Waals surface area contributed by atoms with E-state index < -0.39 is 0 Å². The molecule has 0 N–H and O–H groups in total. The van der Waals surface area contributed by atoms with Crippen LogP contribution in [0.1, 0.15) is 36.8 Å². The molecule has 0 aliphatic heterocycles. The van der Waals surface area contributed by atoms with Gasteiger partial charge in [-0.3, -0.25) is 0 Å². The van der Waals surface area contributed by atoms with Crippen molar-refractivity contribution in [1.82, 2.24) is 9.55 Å². The minimum atomic E-state index is 0.874. The molecule has 0 atom stereocenters. The van der Waals surface area contributed by atoms with E-state index in [4.69, 9.17) is 4.98 Å². The number of benzene rings is 1. The van der Waals surface area contributed by atoms with Crippen molar-refractivity contribution in [3.63, 3.8) is 0 Å². The molecule has 0 saturated carbocycles. The standard InChI is InChI=1S/C20H20N2/c1-3-7-16(8-4-1)15-22-12-11-18-13-19(14-21-20(18)22)17-9-5-2-6-10-17/h1,3-4,7-9,11-14H,2,5-6,10,15H2. The molecule has 110 valence electrons. The Kier molecular flexibility index (Phi) is 3.51. The molecule has 1 aliphatic rings. The van der Waals surface area contributed by atoms with Gasteiger partial charge in [-0.05, 0) is 54.5 Å². The van der Waals surface area contributed by atoms with Crippen molar-refractivity contribution in [3.05, 3.63) is 72.1 Å². The number of rotatable bonds is 3. The Morgan fingerprint density at radius 1 is 1.05 bits per heavy atom. The lowest BCUT2D eigenvalue weighted by molar-refractivity contribution is 0.742. The summed E-state index contributed by atoms with van der Waals surface area (Å²) in [5.74, 6) is 0. The Morgan fingerprint density at radius 2 is 1.95 bits per heavy atom. The van der Waals surface area contributed by atoms with Gasteiger partial charge in [0.1, 0.15) is 5.65 Å². The average molecular weight is 288 g/mol. The maximum Gasteiger partial charge on any atom is 0.140 e. The van der Waals surface area contributed by atoms with Crippen LogP contribution in [-0.4, -0.2) is 9.55 Å². The monoisotopic (exact) mass is 288 g/mol. The number of nitrogens with zero attached hydrogens (tertiary/aromatic N) is 2. The number of hydrogen-bond acceptors (Lipinski definition) is 1. The van der Waals surface area contributed by atoms with E-state index in [0.717, 1.165) is 12.2 Å². The third-order valence-corrected chi connectivity index (χ3v) is 4.46. The summed E-state index contributed by atoms with van der Waals surface area (Å²) in [4.78, 5) is 4.73. The summed E-state index contributed by atoms with van der Waals surface area (Å²) in [6.07, 6.45) is 11.6. The summed E-state index contributed by atoms with van der Waals surface area (Å²) in [5, 5.41) is 1.24. The first-order valence-corrected chi connectivity index (χ1v) is 8.08. The van der Waals surface area contributed by atoms with E-state index in [-0.39, 0.29) is 0 Å². The van der Waals surface area contributed by atoms with Crippen molar-refractivity contribution in [1.29, 1.82) is 0 Å². The topological polar surface area (TPSA) is 17.8 Å². The van der Waals surface area contributed by atoms with Crippen LogP contribution in [0.25, 0.3) is 16.6 Å². The van der Waals surface area contributed by atoms with Crippen molar-refractivity contribution in [2.75, 3.05) is 0 Å². The lowest BCUT2D eigenvalue weighted by atomic mass is 9.94. The molecule has 0 fully saturated rings.